The summed E-state index contributed by atoms with van der Waals surface area (Å²) >= 11 is 0. The van der Waals surface area contributed by atoms with Crippen LogP contribution in [-0.2, 0) is 0 Å². The zero-order valence-electron chi connectivity index (χ0n) is 9.82. The van der Waals surface area contributed by atoms with E-state index in [-0.39, 0.29) is 11.5 Å². The van der Waals surface area contributed by atoms with Gasteiger partial charge in [-0.1, -0.05) is 0 Å². The number of amides is 1. The summed E-state index contributed by atoms with van der Waals surface area (Å²) < 4.78 is 39.1. The van der Waals surface area contributed by atoms with Gasteiger partial charge >= 0.3 is 0 Å². The molecule has 2 rings (SSSR count). The van der Waals surface area contributed by atoms with Gasteiger partial charge in [-0.05, 0) is 0 Å². The third kappa shape index (κ3) is 2.83. The maximum absolute atomic E-state index is 13.4. The molecular formula is C11H8F3N5O. The van der Waals surface area contributed by atoms with Crippen molar-refractivity contribution >= 4 is 17.4 Å². The highest BCUT2D eigenvalue weighted by Gasteiger charge is 2.14. The van der Waals surface area contributed by atoms with Crippen LogP contribution in [-0.4, -0.2) is 15.9 Å². The quantitative estimate of drug-likeness (QED) is 0.450. The summed E-state index contributed by atoms with van der Waals surface area (Å²) in [7, 11) is 0. The van der Waals surface area contributed by atoms with Crippen molar-refractivity contribution in [3.63, 3.8) is 0 Å². The van der Waals surface area contributed by atoms with Crippen LogP contribution in [0.2, 0.25) is 0 Å². The van der Waals surface area contributed by atoms with Crippen molar-refractivity contribution in [2.45, 2.75) is 0 Å². The van der Waals surface area contributed by atoms with Crippen molar-refractivity contribution in [1.29, 1.82) is 0 Å². The van der Waals surface area contributed by atoms with Gasteiger partial charge in [-0.15, -0.1) is 0 Å². The van der Waals surface area contributed by atoms with Crippen LogP contribution >= 0.6 is 0 Å². The molecular weight excluding hydrogens is 275 g/mol. The van der Waals surface area contributed by atoms with Crippen molar-refractivity contribution < 1.29 is 18.0 Å². The molecule has 0 radical (unpaired) electrons. The van der Waals surface area contributed by atoms with Crippen LogP contribution in [0.4, 0.5) is 24.7 Å². The first-order valence-corrected chi connectivity index (χ1v) is 5.26. The Bertz CT molecular complexity index is 665. The van der Waals surface area contributed by atoms with E-state index in [4.69, 9.17) is 5.84 Å². The van der Waals surface area contributed by atoms with Crippen molar-refractivity contribution in [2.24, 2.45) is 5.84 Å². The second-order valence-electron chi connectivity index (χ2n) is 3.63. The molecule has 0 aliphatic heterocycles. The van der Waals surface area contributed by atoms with Gasteiger partial charge in [0, 0.05) is 12.1 Å². The molecule has 20 heavy (non-hydrogen) atoms. The number of benzene rings is 1. The van der Waals surface area contributed by atoms with Gasteiger partial charge in [-0.25, -0.2) is 24.0 Å². The lowest BCUT2D eigenvalue weighted by Crippen LogP contribution is -2.17. The van der Waals surface area contributed by atoms with Crippen LogP contribution in [0.15, 0.2) is 24.5 Å². The van der Waals surface area contributed by atoms with E-state index in [1.807, 2.05) is 0 Å². The second-order valence-corrected chi connectivity index (χ2v) is 3.63. The summed E-state index contributed by atoms with van der Waals surface area (Å²) in [6, 6.07) is 0.857. The second kappa shape index (κ2) is 5.53. The van der Waals surface area contributed by atoms with Crippen LogP contribution in [0.5, 0.6) is 0 Å². The molecule has 0 aliphatic rings. The molecule has 9 heteroatoms. The Hall–Kier alpha value is -2.68. The topological polar surface area (TPSA) is 92.9 Å². The van der Waals surface area contributed by atoms with E-state index >= 15 is 0 Å². The summed E-state index contributed by atoms with van der Waals surface area (Å²) in [5.41, 5.74) is 1.49. The molecule has 6 nitrogen and oxygen atoms in total. The fraction of sp³-hybridized carbons (Fsp3) is 0. The Balaban J connectivity index is 2.25. The molecule has 0 saturated carbocycles. The number of halogens is 3. The van der Waals surface area contributed by atoms with Gasteiger partial charge in [0.15, 0.2) is 17.5 Å². The minimum absolute atomic E-state index is 0.114. The number of aromatic nitrogens is 2. The lowest BCUT2D eigenvalue weighted by molar-refractivity contribution is 0.102. The number of hydrogen-bond acceptors (Lipinski definition) is 5. The van der Waals surface area contributed by atoms with E-state index in [9.17, 15) is 18.0 Å². The van der Waals surface area contributed by atoms with Gasteiger partial charge < -0.3 is 10.7 Å². The summed E-state index contributed by atoms with van der Waals surface area (Å²) in [5.74, 6) is 0.611. The Morgan fingerprint density at radius 1 is 1.10 bits per heavy atom. The molecule has 4 N–H and O–H groups in total. The molecule has 1 amide bonds. The maximum Gasteiger partial charge on any atom is 0.276 e. The smallest absolute Gasteiger partial charge is 0.276 e. The monoisotopic (exact) mass is 283 g/mol. The average molecular weight is 283 g/mol. The third-order valence-electron chi connectivity index (χ3n) is 2.27. The highest BCUT2D eigenvalue weighted by atomic mass is 19.2. The molecule has 0 bridgehead atoms. The Labute approximate surface area is 110 Å². The number of hydrogen-bond donors (Lipinski definition) is 3. The van der Waals surface area contributed by atoms with Gasteiger partial charge in [-0.2, -0.15) is 0 Å². The normalized spacial score (nSPS) is 10.2. The van der Waals surface area contributed by atoms with Gasteiger partial charge in [0.2, 0.25) is 0 Å². The highest BCUT2D eigenvalue weighted by molar-refractivity contribution is 6.02. The molecule has 0 spiro atoms. The average Bonchev–Trinajstić information content (AvgIpc) is 2.44. The third-order valence-corrected chi connectivity index (χ3v) is 2.27. The van der Waals surface area contributed by atoms with E-state index in [2.05, 4.69) is 20.7 Å². The molecule has 1 heterocycles. The highest BCUT2D eigenvalue weighted by Crippen LogP contribution is 2.19. The standard InChI is InChI=1S/C11H8F3N5O/c12-5-1-7(14)8(2-6(5)13)18-11(20)9-3-16-4-10(17-9)19-15/h1-4H,15H2,(H,17,19)(H,18,20). The Morgan fingerprint density at radius 2 is 1.80 bits per heavy atom. The van der Waals surface area contributed by atoms with Crippen LogP contribution in [0.1, 0.15) is 10.5 Å². The number of nitrogens with zero attached hydrogens (tertiary/aromatic N) is 2. The summed E-state index contributed by atoms with van der Waals surface area (Å²) in [5, 5.41) is 2.05. The van der Waals surface area contributed by atoms with E-state index < -0.39 is 29.0 Å². The Kier molecular flexibility index (Phi) is 3.80. The van der Waals surface area contributed by atoms with Gasteiger partial charge in [0.05, 0.1) is 18.1 Å². The van der Waals surface area contributed by atoms with Crippen LogP contribution in [0.3, 0.4) is 0 Å². The van der Waals surface area contributed by atoms with E-state index in [1.165, 1.54) is 6.20 Å². The number of carbonyl (C=O) groups excluding carboxylic acids is 1. The predicted octanol–water partition coefficient (Wildman–Crippen LogP) is 1.43. The summed E-state index contributed by atoms with van der Waals surface area (Å²) in [6.07, 6.45) is 2.36. The fourth-order valence-corrected chi connectivity index (χ4v) is 1.35. The van der Waals surface area contributed by atoms with E-state index in [0.717, 1.165) is 6.20 Å². The molecule has 1 aromatic heterocycles. The summed E-state index contributed by atoms with van der Waals surface area (Å²) in [4.78, 5) is 19.2. The van der Waals surface area contributed by atoms with Gasteiger partial charge in [-0.3, -0.25) is 9.78 Å². The van der Waals surface area contributed by atoms with Crippen molar-refractivity contribution in [2.75, 3.05) is 10.7 Å². The lowest BCUT2D eigenvalue weighted by Gasteiger charge is -2.07. The SMILES string of the molecule is NNc1cncc(C(=O)Nc2cc(F)c(F)cc2F)n1. The van der Waals surface area contributed by atoms with E-state index in [1.54, 1.807) is 0 Å². The lowest BCUT2D eigenvalue weighted by atomic mass is 10.2. The largest absolute Gasteiger partial charge is 0.318 e. The molecule has 0 atom stereocenters. The maximum atomic E-state index is 13.4. The first-order chi connectivity index (χ1) is 9.51. The Morgan fingerprint density at radius 3 is 2.50 bits per heavy atom. The zero-order chi connectivity index (χ0) is 14.7. The van der Waals surface area contributed by atoms with Crippen LogP contribution in [0, 0.1) is 17.5 Å². The van der Waals surface area contributed by atoms with Gasteiger partial charge in [0.1, 0.15) is 11.5 Å². The number of rotatable bonds is 3. The molecule has 1 aromatic carbocycles. The molecule has 2 aromatic rings. The number of nitrogens with one attached hydrogen (secondary N) is 2. The number of nitrogens with two attached hydrogens (primary N) is 1. The first-order valence-electron chi connectivity index (χ1n) is 5.26. The van der Waals surface area contributed by atoms with Crippen LogP contribution in [0.25, 0.3) is 0 Å². The fourth-order valence-electron chi connectivity index (χ4n) is 1.35. The number of hydrazine groups is 1. The van der Waals surface area contributed by atoms with Crippen molar-refractivity contribution in [1.82, 2.24) is 9.97 Å². The molecule has 0 saturated heterocycles. The van der Waals surface area contributed by atoms with E-state index in [0.29, 0.717) is 12.1 Å². The molecule has 0 aliphatic carbocycles. The number of anilines is 2. The number of nitrogen functional groups attached to an aromatic ring is 1. The first kappa shape index (κ1) is 13.7. The number of carbonyl (C=O) groups is 1. The predicted molar refractivity (Wildman–Crippen MR) is 64.1 cm³/mol. The minimum atomic E-state index is -1.35. The molecule has 104 valence electrons. The van der Waals surface area contributed by atoms with Crippen molar-refractivity contribution in [3.05, 3.63) is 47.7 Å². The minimum Gasteiger partial charge on any atom is -0.318 e. The van der Waals surface area contributed by atoms with Crippen LogP contribution < -0.4 is 16.6 Å². The van der Waals surface area contributed by atoms with Crippen molar-refractivity contribution in [3.8, 4) is 0 Å². The van der Waals surface area contributed by atoms with Gasteiger partial charge in [0.25, 0.3) is 5.91 Å². The summed E-state index contributed by atoms with van der Waals surface area (Å²) in [6.45, 7) is 0. The zero-order valence-corrected chi connectivity index (χ0v) is 9.82. The molecule has 0 unspecified atom stereocenters. The molecule has 0 fully saturated rings.